The molecular weight excluding hydrogens is 394 g/mol. The largest absolute Gasteiger partial charge is 0.494 e. The van der Waals surface area contributed by atoms with Crippen LogP contribution in [0.5, 0.6) is 5.75 Å². The van der Waals surface area contributed by atoms with Crippen LogP contribution in [0.15, 0.2) is 65.9 Å². The maximum atomic E-state index is 12.9. The number of nitrogens with one attached hydrogen (secondary N) is 2. The fourth-order valence-electron chi connectivity index (χ4n) is 3.59. The van der Waals surface area contributed by atoms with Gasteiger partial charge in [0.25, 0.3) is 0 Å². The van der Waals surface area contributed by atoms with Gasteiger partial charge in [-0.2, -0.15) is 0 Å². The molecule has 0 aromatic heterocycles. The van der Waals surface area contributed by atoms with Gasteiger partial charge in [-0.1, -0.05) is 42.5 Å². The quantitative estimate of drug-likeness (QED) is 0.605. The fourth-order valence-corrected chi connectivity index (χ4v) is 3.59. The summed E-state index contributed by atoms with van der Waals surface area (Å²) in [5.74, 6) is 0.285. The molecule has 0 saturated heterocycles. The molecule has 1 aliphatic rings. The van der Waals surface area contributed by atoms with Crippen LogP contribution in [0.3, 0.4) is 0 Å². The first kappa shape index (κ1) is 22.4. The molecule has 0 spiro atoms. The van der Waals surface area contributed by atoms with Gasteiger partial charge in [-0.15, -0.1) is 0 Å². The highest BCUT2D eigenvalue weighted by molar-refractivity contribution is 5.95. The van der Waals surface area contributed by atoms with E-state index in [1.807, 2.05) is 73.5 Å². The lowest BCUT2D eigenvalue weighted by Gasteiger charge is -2.31. The summed E-state index contributed by atoms with van der Waals surface area (Å²) in [5.41, 5.74) is 2.88. The minimum Gasteiger partial charge on any atom is -0.494 e. The van der Waals surface area contributed by atoms with Gasteiger partial charge in [0, 0.05) is 18.8 Å². The van der Waals surface area contributed by atoms with Gasteiger partial charge in [0.2, 0.25) is 0 Å². The number of likely N-dealkylation sites (N-methyl/N-ethyl adjacent to an activating group) is 1. The lowest BCUT2D eigenvalue weighted by molar-refractivity contribution is -0.139. The number of nitrogens with zero attached hydrogens (tertiary/aromatic N) is 1. The predicted octanol–water partition coefficient (Wildman–Crippen LogP) is 3.39. The Balaban J connectivity index is 1.91. The summed E-state index contributed by atoms with van der Waals surface area (Å²) < 4.78 is 10.8. The SMILES string of the molecule is CCOC(=O)C1=C(CN(C)Cc2ccccc2)NC(=O)NC1c1ccc(OCC)cc1. The molecule has 1 atom stereocenters. The Bertz CT molecular complexity index is 926. The number of ether oxygens (including phenoxy) is 2. The number of carbonyl (C=O) groups is 2. The number of rotatable bonds is 9. The molecule has 1 heterocycles. The van der Waals surface area contributed by atoms with Crippen molar-refractivity contribution in [1.29, 1.82) is 0 Å². The average molecular weight is 424 g/mol. The van der Waals surface area contributed by atoms with Crippen LogP contribution in [0.25, 0.3) is 0 Å². The number of urea groups is 1. The topological polar surface area (TPSA) is 79.9 Å². The molecule has 7 nitrogen and oxygen atoms in total. The first-order valence-electron chi connectivity index (χ1n) is 10.4. The van der Waals surface area contributed by atoms with Crippen LogP contribution < -0.4 is 15.4 Å². The predicted molar refractivity (Wildman–Crippen MR) is 118 cm³/mol. The summed E-state index contributed by atoms with van der Waals surface area (Å²) in [5, 5.41) is 5.67. The molecule has 1 aliphatic heterocycles. The molecule has 7 heteroatoms. The zero-order chi connectivity index (χ0) is 22.2. The minimum absolute atomic E-state index is 0.249. The Kier molecular flexibility index (Phi) is 7.67. The molecule has 31 heavy (non-hydrogen) atoms. The molecule has 2 amide bonds. The van der Waals surface area contributed by atoms with Crippen molar-refractivity contribution >= 4 is 12.0 Å². The zero-order valence-electron chi connectivity index (χ0n) is 18.2. The lowest BCUT2D eigenvalue weighted by Crippen LogP contribution is -2.48. The third-order valence-corrected chi connectivity index (χ3v) is 4.90. The van der Waals surface area contributed by atoms with E-state index in [0.717, 1.165) is 16.9 Å². The van der Waals surface area contributed by atoms with Gasteiger partial charge in [0.15, 0.2) is 0 Å². The van der Waals surface area contributed by atoms with E-state index in [2.05, 4.69) is 10.6 Å². The van der Waals surface area contributed by atoms with E-state index in [1.54, 1.807) is 6.92 Å². The van der Waals surface area contributed by atoms with Crippen LogP contribution in [0, 0.1) is 0 Å². The highest BCUT2D eigenvalue weighted by Crippen LogP contribution is 2.29. The number of hydrogen-bond donors (Lipinski definition) is 2. The maximum Gasteiger partial charge on any atom is 0.338 e. The molecular formula is C24H29N3O4. The van der Waals surface area contributed by atoms with Crippen LogP contribution in [0.2, 0.25) is 0 Å². The van der Waals surface area contributed by atoms with Crippen molar-refractivity contribution in [3.63, 3.8) is 0 Å². The van der Waals surface area contributed by atoms with E-state index in [9.17, 15) is 9.59 Å². The number of esters is 1. The van der Waals surface area contributed by atoms with Gasteiger partial charge in [-0.05, 0) is 44.2 Å². The molecule has 0 aliphatic carbocycles. The number of amides is 2. The van der Waals surface area contributed by atoms with E-state index in [0.29, 0.717) is 31.0 Å². The van der Waals surface area contributed by atoms with Crippen molar-refractivity contribution in [3.05, 3.63) is 77.0 Å². The third kappa shape index (κ3) is 5.86. The van der Waals surface area contributed by atoms with E-state index < -0.39 is 12.0 Å². The maximum absolute atomic E-state index is 12.9. The molecule has 2 N–H and O–H groups in total. The molecule has 0 fully saturated rings. The van der Waals surface area contributed by atoms with Crippen LogP contribution in [-0.2, 0) is 16.1 Å². The van der Waals surface area contributed by atoms with Crippen LogP contribution in [0.1, 0.15) is 31.0 Å². The van der Waals surface area contributed by atoms with Crippen LogP contribution >= 0.6 is 0 Å². The second-order valence-corrected chi connectivity index (χ2v) is 7.30. The summed E-state index contributed by atoms with van der Waals surface area (Å²) in [6.45, 7) is 5.57. The fraction of sp³-hybridized carbons (Fsp3) is 0.333. The molecule has 164 valence electrons. The van der Waals surface area contributed by atoms with E-state index >= 15 is 0 Å². The Morgan fingerprint density at radius 1 is 1.00 bits per heavy atom. The highest BCUT2D eigenvalue weighted by Gasteiger charge is 2.34. The second-order valence-electron chi connectivity index (χ2n) is 7.30. The van der Waals surface area contributed by atoms with Gasteiger partial charge in [-0.3, -0.25) is 4.90 Å². The summed E-state index contributed by atoms with van der Waals surface area (Å²) in [4.78, 5) is 27.4. The molecule has 0 saturated carbocycles. The number of carbonyl (C=O) groups excluding carboxylic acids is 2. The third-order valence-electron chi connectivity index (χ3n) is 4.90. The summed E-state index contributed by atoms with van der Waals surface area (Å²) in [6, 6.07) is 16.4. The molecule has 1 unspecified atom stereocenters. The van der Waals surface area contributed by atoms with Crippen molar-refractivity contribution in [2.24, 2.45) is 0 Å². The smallest absolute Gasteiger partial charge is 0.338 e. The monoisotopic (exact) mass is 423 g/mol. The van der Waals surface area contributed by atoms with E-state index in [-0.39, 0.29) is 12.6 Å². The summed E-state index contributed by atoms with van der Waals surface area (Å²) in [6.07, 6.45) is 0. The van der Waals surface area contributed by atoms with Crippen molar-refractivity contribution in [2.45, 2.75) is 26.4 Å². The van der Waals surface area contributed by atoms with Gasteiger partial charge >= 0.3 is 12.0 Å². The van der Waals surface area contributed by atoms with Crippen molar-refractivity contribution < 1.29 is 19.1 Å². The Morgan fingerprint density at radius 3 is 2.35 bits per heavy atom. The first-order valence-corrected chi connectivity index (χ1v) is 10.4. The molecule has 3 rings (SSSR count). The second kappa shape index (κ2) is 10.6. The van der Waals surface area contributed by atoms with Gasteiger partial charge in [0.1, 0.15) is 5.75 Å². The summed E-state index contributed by atoms with van der Waals surface area (Å²) >= 11 is 0. The lowest BCUT2D eigenvalue weighted by atomic mass is 9.95. The zero-order valence-corrected chi connectivity index (χ0v) is 18.2. The van der Waals surface area contributed by atoms with E-state index in [1.165, 1.54) is 0 Å². The van der Waals surface area contributed by atoms with Gasteiger partial charge < -0.3 is 20.1 Å². The number of benzene rings is 2. The van der Waals surface area contributed by atoms with Crippen molar-refractivity contribution in [3.8, 4) is 5.75 Å². The molecule has 0 bridgehead atoms. The number of hydrogen-bond acceptors (Lipinski definition) is 5. The Hall–Kier alpha value is -3.32. The highest BCUT2D eigenvalue weighted by atomic mass is 16.5. The van der Waals surface area contributed by atoms with Crippen molar-refractivity contribution in [1.82, 2.24) is 15.5 Å². The van der Waals surface area contributed by atoms with E-state index in [4.69, 9.17) is 9.47 Å². The van der Waals surface area contributed by atoms with Gasteiger partial charge in [-0.25, -0.2) is 9.59 Å². The normalized spacial score (nSPS) is 16.0. The Morgan fingerprint density at radius 2 is 1.71 bits per heavy atom. The average Bonchev–Trinajstić information content (AvgIpc) is 2.75. The van der Waals surface area contributed by atoms with Crippen LogP contribution in [0.4, 0.5) is 4.79 Å². The standard InChI is InChI=1S/C24H29N3O4/c1-4-30-19-13-11-18(12-14-19)22-21(23(28)31-5-2)20(25-24(29)26-22)16-27(3)15-17-9-7-6-8-10-17/h6-14,22H,4-5,15-16H2,1-3H3,(H2,25,26,29). The molecule has 0 radical (unpaired) electrons. The van der Waals surface area contributed by atoms with Gasteiger partial charge in [0.05, 0.1) is 24.8 Å². The molecule has 2 aromatic rings. The minimum atomic E-state index is -0.608. The summed E-state index contributed by atoms with van der Waals surface area (Å²) in [7, 11) is 1.95. The van der Waals surface area contributed by atoms with Crippen molar-refractivity contribution in [2.75, 3.05) is 26.8 Å². The van der Waals surface area contributed by atoms with Crippen LogP contribution in [-0.4, -0.2) is 43.7 Å². The Labute approximate surface area is 183 Å². The molecule has 2 aromatic carbocycles. The first-order chi connectivity index (χ1) is 15.0.